The number of hydrogen-bond donors (Lipinski definition) is 15. The van der Waals surface area contributed by atoms with Crippen molar-refractivity contribution in [3.63, 3.8) is 0 Å². The lowest BCUT2D eigenvalue weighted by atomic mass is 10.00. The standard InChI is InChI=1S/3C10H21NO.2C8H19N.2C8H18O.2C7H17NO.2C7H16O.C6H15NO.CH4/c3*1-9(2)7-10(12)8-11-5-3-4-6-11;2*1-4-5-6-8(9)7(2)3;2*1-4-5-8(9)6-7(2)3;1-6(2)5-7(9)3-4-8;1-6(2)7(8)4-3-5-9;2*1-4-7(8)5-6(2)3;1-5(2)3-6(8)4-7;/h3*9-10,12H,3-8H2,1-2H3;2*7-8H,4-6,9H2,1-3H3;2*7-9H,4-6H2,1-3H3;2*6-7,9H,3-5,8H2,1-2H3;2*6-8H,4-5H2,1-3H3;5-6,8H,3-4,7H2,1-2H3;1H4/t2*10-;;8-;;8-;;3*7-;;6-;/m10.0.0.111.1./s1. The summed E-state index contributed by atoms with van der Waals surface area (Å²) in [6, 6.07) is 1.10. The van der Waals surface area contributed by atoms with E-state index in [-0.39, 0.29) is 75.0 Å². The van der Waals surface area contributed by atoms with E-state index in [2.05, 4.69) is 209 Å². The van der Waals surface area contributed by atoms with Crippen molar-refractivity contribution in [1.82, 2.24) is 14.7 Å². The third-order valence-electron chi connectivity index (χ3n) is 19.7. The van der Waals surface area contributed by atoms with E-state index >= 15 is 0 Å². The molecule has 0 saturated carbocycles. The van der Waals surface area contributed by atoms with Gasteiger partial charge < -0.3 is 94.4 Å². The fraction of sp³-hybridized carbons (Fsp3) is 1.00. The van der Waals surface area contributed by atoms with Gasteiger partial charge in [-0.1, -0.05) is 254 Å². The third-order valence-corrected chi connectivity index (χ3v) is 19.7. The van der Waals surface area contributed by atoms with E-state index in [1.807, 2.05) is 13.8 Å². The van der Waals surface area contributed by atoms with Crippen molar-refractivity contribution < 1.29 is 51.1 Å². The molecule has 0 spiro atoms. The Hall–Kier alpha value is -0.720. The molecule has 3 aliphatic heterocycles. The van der Waals surface area contributed by atoms with Crippen molar-refractivity contribution in [2.45, 2.75) is 481 Å². The highest BCUT2D eigenvalue weighted by Gasteiger charge is 2.20. The predicted molar refractivity (Wildman–Crippen MR) is 510 cm³/mol. The Morgan fingerprint density at radius 1 is 0.261 bits per heavy atom. The average Bonchev–Trinajstić information content (AvgIpc) is 1.84. The lowest BCUT2D eigenvalue weighted by molar-refractivity contribution is 0.105. The monoisotopic (exact) mass is 1660 g/mol. The molecule has 0 amide bonds. The Kier molecular flexibility index (Phi) is 112. The van der Waals surface area contributed by atoms with Crippen LogP contribution in [0.5, 0.6) is 0 Å². The summed E-state index contributed by atoms with van der Waals surface area (Å²) in [4.78, 5) is 7.10. The molecule has 12 atom stereocenters. The Morgan fingerprint density at radius 2 is 0.461 bits per heavy atom. The Balaban J connectivity index is -0.000000131. The molecule has 0 aromatic rings. The highest BCUT2D eigenvalue weighted by atomic mass is 16.3. The highest BCUT2D eigenvalue weighted by Crippen LogP contribution is 2.17. The van der Waals surface area contributed by atoms with Crippen LogP contribution in [0.15, 0.2) is 0 Å². The van der Waals surface area contributed by atoms with Gasteiger partial charge in [-0.15, -0.1) is 0 Å². The van der Waals surface area contributed by atoms with E-state index in [1.54, 1.807) is 0 Å². The largest absolute Gasteiger partial charge is 0.396 e. The molecule has 3 saturated heterocycles. The predicted octanol–water partition coefficient (Wildman–Crippen LogP) is 19.3. The van der Waals surface area contributed by atoms with E-state index in [0.717, 1.165) is 135 Å². The first kappa shape index (κ1) is 135. The van der Waals surface area contributed by atoms with Gasteiger partial charge in [0, 0.05) is 50.9 Å². The fourth-order valence-corrected chi connectivity index (χ4v) is 12.8. The minimum atomic E-state index is -0.296. The number of nitrogens with two attached hydrogens (primary N) is 5. The van der Waals surface area contributed by atoms with Crippen LogP contribution < -0.4 is 28.7 Å². The summed E-state index contributed by atoms with van der Waals surface area (Å²) in [5.41, 5.74) is 27.7. The zero-order valence-corrected chi connectivity index (χ0v) is 82.3. The van der Waals surface area contributed by atoms with Gasteiger partial charge in [0.15, 0.2) is 0 Å². The van der Waals surface area contributed by atoms with Crippen LogP contribution in [0, 0.1) is 71.0 Å². The van der Waals surface area contributed by atoms with Crippen LogP contribution in [0.1, 0.15) is 408 Å². The summed E-state index contributed by atoms with van der Waals surface area (Å²) < 4.78 is 0. The second-order valence-electron chi connectivity index (χ2n) is 38.7. The SMILES string of the molecule is C.CC(C)CC(O)CN1CCCC1.CC(C)C[C@@H](O)CN.CC(C)C[C@@H](O)CN1CCCC1.CC(C)C[C@H](O)CCN.CC(C)C[C@H](O)CN1CCCC1.CC(C)[C@H](N)CCCO.CCC(O)CC(C)C.CCCC(O)CC(C)C.CCCCC(N)C(C)C.CCCC[C@H](N)C(C)C.CCC[C@H](O)CC(C)C.CC[C@@H](O)CC(C)C. The molecule has 0 aromatic heterocycles. The molecule has 18 nitrogen and oxygen atoms in total. The normalized spacial score (nSPS) is 16.7. The van der Waals surface area contributed by atoms with E-state index in [1.165, 1.54) is 116 Å². The van der Waals surface area contributed by atoms with Crippen LogP contribution in [-0.4, -0.2) is 217 Å². The van der Waals surface area contributed by atoms with E-state index in [0.29, 0.717) is 96.2 Å². The maximum atomic E-state index is 9.64. The molecule has 0 aromatic carbocycles. The number of unbranched alkanes of at least 4 members (excludes halogenated alkanes) is 2. The van der Waals surface area contributed by atoms with Gasteiger partial charge in [-0.05, 0) is 271 Å². The van der Waals surface area contributed by atoms with E-state index in [4.69, 9.17) is 54.2 Å². The van der Waals surface area contributed by atoms with Crippen molar-refractivity contribution in [2.24, 2.45) is 99.7 Å². The highest BCUT2D eigenvalue weighted by molar-refractivity contribution is 4.74. The van der Waals surface area contributed by atoms with Crippen molar-refractivity contribution in [2.75, 3.05) is 78.6 Å². The Bertz CT molecular complexity index is 1560. The second-order valence-corrected chi connectivity index (χ2v) is 38.7. The van der Waals surface area contributed by atoms with Crippen LogP contribution in [0.2, 0.25) is 0 Å². The molecule has 115 heavy (non-hydrogen) atoms. The molecule has 3 rings (SSSR count). The van der Waals surface area contributed by atoms with Gasteiger partial charge >= 0.3 is 0 Å². The molecule has 710 valence electrons. The first-order valence-corrected chi connectivity index (χ1v) is 47.6. The number of aliphatic hydroxyl groups excluding tert-OH is 10. The van der Waals surface area contributed by atoms with Gasteiger partial charge in [-0.25, -0.2) is 0 Å². The number of likely N-dealkylation sites (tertiary alicyclic amines) is 3. The average molecular weight is 1660 g/mol. The molecule has 4 unspecified atom stereocenters. The Morgan fingerprint density at radius 3 is 0.617 bits per heavy atom. The zero-order chi connectivity index (χ0) is 90.3. The number of rotatable bonds is 45. The molecule has 18 heteroatoms. The maximum absolute atomic E-state index is 9.64. The van der Waals surface area contributed by atoms with Crippen LogP contribution in [-0.2, 0) is 0 Å². The fourth-order valence-electron chi connectivity index (χ4n) is 12.8. The van der Waals surface area contributed by atoms with Crippen LogP contribution in [0.3, 0.4) is 0 Å². The molecule has 20 N–H and O–H groups in total. The topological polar surface area (TPSA) is 342 Å². The molecular weight excluding hydrogens is 1440 g/mol. The third kappa shape index (κ3) is 122. The first-order chi connectivity index (χ1) is 53.1. The summed E-state index contributed by atoms with van der Waals surface area (Å²) in [5, 5.41) is 91.9. The quantitative estimate of drug-likeness (QED) is 0.0269. The number of β-amino-alcohol motifs (C(OH)–C–C–N with tert-alkyl or cyclic N) is 3. The van der Waals surface area contributed by atoms with E-state index < -0.39 is 0 Å². The second kappa shape index (κ2) is 95.5. The zero-order valence-electron chi connectivity index (χ0n) is 82.3. The summed E-state index contributed by atoms with van der Waals surface area (Å²) in [6.45, 7) is 74.9. The molecule has 3 heterocycles. The Labute approximate surface area is 721 Å². The van der Waals surface area contributed by atoms with Gasteiger partial charge in [-0.3, -0.25) is 0 Å². The molecule has 0 radical (unpaired) electrons. The number of hydrogen-bond acceptors (Lipinski definition) is 18. The van der Waals surface area contributed by atoms with E-state index in [9.17, 15) is 25.5 Å². The van der Waals surface area contributed by atoms with Gasteiger partial charge in [0.05, 0.1) is 54.9 Å². The summed E-state index contributed by atoms with van der Waals surface area (Å²) in [6.07, 6.45) is 30.9. The van der Waals surface area contributed by atoms with Crippen LogP contribution in [0.25, 0.3) is 0 Å². The van der Waals surface area contributed by atoms with Crippen molar-refractivity contribution >= 4 is 0 Å². The van der Waals surface area contributed by atoms with Gasteiger partial charge in [-0.2, -0.15) is 0 Å². The number of nitrogens with zero attached hydrogens (tertiary/aromatic N) is 3. The van der Waals surface area contributed by atoms with Gasteiger partial charge in [0.1, 0.15) is 0 Å². The minimum absolute atomic E-state index is 0. The molecule has 0 aliphatic carbocycles. The van der Waals surface area contributed by atoms with Crippen molar-refractivity contribution in [1.29, 1.82) is 0 Å². The minimum Gasteiger partial charge on any atom is -0.396 e. The molecular formula is C97H222N8O10. The molecule has 3 aliphatic rings. The lowest BCUT2D eigenvalue weighted by Crippen LogP contribution is -2.30. The first-order valence-electron chi connectivity index (χ1n) is 47.6. The smallest absolute Gasteiger partial charge is 0.0669 e. The maximum Gasteiger partial charge on any atom is 0.0669 e. The summed E-state index contributed by atoms with van der Waals surface area (Å²) in [5.74, 6) is 7.32. The van der Waals surface area contributed by atoms with Crippen molar-refractivity contribution in [3.8, 4) is 0 Å². The lowest BCUT2D eigenvalue weighted by Gasteiger charge is -2.20. The molecule has 0 bridgehead atoms. The number of aliphatic hydroxyl groups is 10. The van der Waals surface area contributed by atoms with Crippen LogP contribution in [0.4, 0.5) is 0 Å². The van der Waals surface area contributed by atoms with Crippen LogP contribution >= 0.6 is 0 Å². The van der Waals surface area contributed by atoms with Crippen molar-refractivity contribution in [3.05, 3.63) is 0 Å². The van der Waals surface area contributed by atoms with Gasteiger partial charge in [0.2, 0.25) is 0 Å². The van der Waals surface area contributed by atoms with Gasteiger partial charge in [0.25, 0.3) is 0 Å². The summed E-state index contributed by atoms with van der Waals surface area (Å²) >= 11 is 0. The summed E-state index contributed by atoms with van der Waals surface area (Å²) in [7, 11) is 0. The molecule has 3 fully saturated rings.